The summed E-state index contributed by atoms with van der Waals surface area (Å²) in [5.41, 5.74) is 3.89. The topological polar surface area (TPSA) is 43.0 Å². The van der Waals surface area contributed by atoms with Gasteiger partial charge in [-0.05, 0) is 36.1 Å². The minimum atomic E-state index is 0.0634. The third-order valence-electron chi connectivity index (χ3n) is 3.60. The lowest BCUT2D eigenvalue weighted by Crippen LogP contribution is -2.05. The van der Waals surface area contributed by atoms with Crippen molar-refractivity contribution < 1.29 is 5.11 Å². The molecule has 2 aromatic heterocycles. The molecule has 3 aromatic rings. The first-order chi connectivity index (χ1) is 9.60. The Balaban J connectivity index is 2.03. The summed E-state index contributed by atoms with van der Waals surface area (Å²) in [5.74, 6) is 0. The molecule has 3 rings (SSSR count). The van der Waals surface area contributed by atoms with Gasteiger partial charge in [-0.1, -0.05) is 17.7 Å². The molecule has 0 radical (unpaired) electrons. The summed E-state index contributed by atoms with van der Waals surface area (Å²) in [6.45, 7) is 2.65. The fraction of sp³-hybridized carbons (Fsp3) is 0.267. The van der Waals surface area contributed by atoms with Crippen LogP contribution in [0.4, 0.5) is 0 Å². The van der Waals surface area contributed by atoms with Gasteiger partial charge in [0.15, 0.2) is 0 Å². The van der Waals surface area contributed by atoms with Gasteiger partial charge in [0.25, 0.3) is 0 Å². The minimum absolute atomic E-state index is 0.0634. The van der Waals surface area contributed by atoms with E-state index in [0.717, 1.165) is 32.9 Å². The van der Waals surface area contributed by atoms with E-state index in [0.29, 0.717) is 6.54 Å². The van der Waals surface area contributed by atoms with Gasteiger partial charge in [-0.3, -0.25) is 4.68 Å². The van der Waals surface area contributed by atoms with Gasteiger partial charge in [0.1, 0.15) is 0 Å². The first-order valence-electron chi connectivity index (χ1n) is 6.46. The molecule has 4 nitrogen and oxygen atoms in total. The highest BCUT2D eigenvalue weighted by molar-refractivity contribution is 6.31. The van der Waals surface area contributed by atoms with E-state index >= 15 is 0 Å². The van der Waals surface area contributed by atoms with Crippen LogP contribution in [0.15, 0.2) is 30.5 Å². The molecular formula is C15H16ClN3O. The van der Waals surface area contributed by atoms with Crippen molar-refractivity contribution >= 4 is 22.5 Å². The lowest BCUT2D eigenvalue weighted by molar-refractivity contribution is 0.282. The molecule has 0 unspecified atom stereocenters. The SMILES string of the molecule is Cc1nn(C)c(Cn2ccc3cc(CO)ccc32)c1Cl. The van der Waals surface area contributed by atoms with Gasteiger partial charge >= 0.3 is 0 Å². The first kappa shape index (κ1) is 13.2. The first-order valence-corrected chi connectivity index (χ1v) is 6.84. The molecule has 20 heavy (non-hydrogen) atoms. The molecule has 2 heterocycles. The smallest absolute Gasteiger partial charge is 0.0865 e. The van der Waals surface area contributed by atoms with Crippen molar-refractivity contribution in [1.82, 2.24) is 14.3 Å². The number of rotatable bonds is 3. The normalized spacial score (nSPS) is 11.4. The number of nitrogens with zero attached hydrogens (tertiary/aromatic N) is 3. The number of benzene rings is 1. The van der Waals surface area contributed by atoms with Crippen molar-refractivity contribution in [1.29, 1.82) is 0 Å². The number of halogens is 1. The molecule has 0 amide bonds. The van der Waals surface area contributed by atoms with Gasteiger partial charge in [0, 0.05) is 18.8 Å². The Kier molecular flexibility index (Phi) is 3.28. The molecule has 0 saturated heterocycles. The van der Waals surface area contributed by atoms with E-state index in [1.165, 1.54) is 0 Å². The fourth-order valence-corrected chi connectivity index (χ4v) is 2.72. The average molecular weight is 290 g/mol. The number of hydrogen-bond donors (Lipinski definition) is 1. The highest BCUT2D eigenvalue weighted by Crippen LogP contribution is 2.23. The lowest BCUT2D eigenvalue weighted by atomic mass is 10.2. The summed E-state index contributed by atoms with van der Waals surface area (Å²) in [5, 5.41) is 15.4. The highest BCUT2D eigenvalue weighted by atomic mass is 35.5. The quantitative estimate of drug-likeness (QED) is 0.806. The Labute approximate surface area is 122 Å². The summed E-state index contributed by atoms with van der Waals surface area (Å²) in [6.07, 6.45) is 2.03. The Bertz CT molecular complexity index is 773. The van der Waals surface area contributed by atoms with Gasteiger partial charge in [0.05, 0.1) is 29.6 Å². The second kappa shape index (κ2) is 4.96. The van der Waals surface area contributed by atoms with Crippen molar-refractivity contribution in [2.24, 2.45) is 7.05 Å². The van der Waals surface area contributed by atoms with E-state index < -0.39 is 0 Å². The molecule has 1 N–H and O–H groups in total. The maximum absolute atomic E-state index is 9.18. The van der Waals surface area contributed by atoms with E-state index in [1.54, 1.807) is 0 Å². The monoisotopic (exact) mass is 289 g/mol. The standard InChI is InChI=1S/C15H16ClN3O/c1-10-15(16)14(18(2)17-10)8-19-6-5-12-7-11(9-20)3-4-13(12)19/h3-7,20H,8-9H2,1-2H3. The minimum Gasteiger partial charge on any atom is -0.392 e. The van der Waals surface area contributed by atoms with Gasteiger partial charge < -0.3 is 9.67 Å². The maximum Gasteiger partial charge on any atom is 0.0865 e. The number of hydrogen-bond acceptors (Lipinski definition) is 2. The number of fused-ring (bicyclic) bond motifs is 1. The number of aromatic nitrogens is 3. The molecule has 0 spiro atoms. The number of aryl methyl sites for hydroxylation is 2. The molecule has 5 heteroatoms. The summed E-state index contributed by atoms with van der Waals surface area (Å²) in [4.78, 5) is 0. The molecular weight excluding hydrogens is 274 g/mol. The van der Waals surface area contributed by atoms with Gasteiger partial charge in [-0.15, -0.1) is 0 Å². The summed E-state index contributed by atoms with van der Waals surface area (Å²) in [7, 11) is 1.91. The average Bonchev–Trinajstić information content (AvgIpc) is 2.95. The second-order valence-corrected chi connectivity index (χ2v) is 5.34. The van der Waals surface area contributed by atoms with Crippen LogP contribution in [0, 0.1) is 6.92 Å². The molecule has 0 aliphatic carbocycles. The lowest BCUT2D eigenvalue weighted by Gasteiger charge is -2.07. The zero-order chi connectivity index (χ0) is 14.3. The van der Waals surface area contributed by atoms with Crippen LogP contribution in [-0.4, -0.2) is 19.5 Å². The fourth-order valence-electron chi connectivity index (χ4n) is 2.50. The zero-order valence-electron chi connectivity index (χ0n) is 11.5. The largest absolute Gasteiger partial charge is 0.392 e. The summed E-state index contributed by atoms with van der Waals surface area (Å²) < 4.78 is 3.96. The van der Waals surface area contributed by atoms with Gasteiger partial charge in [-0.25, -0.2) is 0 Å². The number of aliphatic hydroxyl groups is 1. The molecule has 0 fully saturated rings. The van der Waals surface area contributed by atoms with Crippen LogP contribution >= 0.6 is 11.6 Å². The molecule has 104 valence electrons. The number of aliphatic hydroxyl groups excluding tert-OH is 1. The Morgan fingerprint density at radius 2 is 2.10 bits per heavy atom. The van der Waals surface area contributed by atoms with Gasteiger partial charge in [-0.2, -0.15) is 5.10 Å². The molecule has 0 atom stereocenters. The molecule has 0 aliphatic heterocycles. The van der Waals surface area contributed by atoms with Gasteiger partial charge in [0.2, 0.25) is 0 Å². The van der Waals surface area contributed by atoms with E-state index in [1.807, 2.05) is 49.1 Å². The summed E-state index contributed by atoms with van der Waals surface area (Å²) in [6, 6.07) is 8.01. The Hall–Kier alpha value is -1.78. The predicted octanol–water partition coefficient (Wildman–Crippen LogP) is 2.88. The molecule has 0 bridgehead atoms. The van der Waals surface area contributed by atoms with Crippen molar-refractivity contribution in [3.8, 4) is 0 Å². The Morgan fingerprint density at radius 1 is 1.30 bits per heavy atom. The highest BCUT2D eigenvalue weighted by Gasteiger charge is 2.12. The zero-order valence-corrected chi connectivity index (χ0v) is 12.2. The predicted molar refractivity (Wildman–Crippen MR) is 79.9 cm³/mol. The van der Waals surface area contributed by atoms with Crippen LogP contribution in [-0.2, 0) is 20.2 Å². The van der Waals surface area contributed by atoms with E-state index in [2.05, 4.69) is 9.67 Å². The van der Waals surface area contributed by atoms with Crippen molar-refractivity contribution in [2.45, 2.75) is 20.1 Å². The Morgan fingerprint density at radius 3 is 2.75 bits per heavy atom. The van der Waals surface area contributed by atoms with Crippen molar-refractivity contribution in [3.05, 3.63) is 52.4 Å². The molecule has 1 aromatic carbocycles. The summed E-state index contributed by atoms with van der Waals surface area (Å²) >= 11 is 6.30. The third kappa shape index (κ3) is 2.11. The van der Waals surface area contributed by atoms with E-state index in [9.17, 15) is 5.11 Å². The van der Waals surface area contributed by atoms with Crippen LogP contribution < -0.4 is 0 Å². The van der Waals surface area contributed by atoms with Crippen molar-refractivity contribution in [3.63, 3.8) is 0 Å². The van der Waals surface area contributed by atoms with Crippen LogP contribution in [0.2, 0.25) is 5.02 Å². The van der Waals surface area contributed by atoms with E-state index in [4.69, 9.17) is 11.6 Å². The van der Waals surface area contributed by atoms with Crippen LogP contribution in [0.25, 0.3) is 10.9 Å². The molecule has 0 aliphatic rings. The maximum atomic E-state index is 9.18. The van der Waals surface area contributed by atoms with Crippen LogP contribution in [0.5, 0.6) is 0 Å². The van der Waals surface area contributed by atoms with Crippen LogP contribution in [0.3, 0.4) is 0 Å². The van der Waals surface area contributed by atoms with Crippen LogP contribution in [0.1, 0.15) is 17.0 Å². The van der Waals surface area contributed by atoms with Crippen molar-refractivity contribution in [2.75, 3.05) is 0 Å². The third-order valence-corrected chi connectivity index (χ3v) is 4.09. The van der Waals surface area contributed by atoms with E-state index in [-0.39, 0.29) is 6.61 Å². The second-order valence-electron chi connectivity index (χ2n) is 4.96. The molecule has 0 saturated carbocycles.